The summed E-state index contributed by atoms with van der Waals surface area (Å²) in [5.74, 6) is 6.08. The Morgan fingerprint density at radius 3 is 2.56 bits per heavy atom. The molecule has 0 saturated heterocycles. The number of nitrogens with zero attached hydrogens (tertiary/aromatic N) is 1. The molecule has 0 amide bonds. The van der Waals surface area contributed by atoms with Crippen LogP contribution in [0.1, 0.15) is 26.7 Å². The van der Waals surface area contributed by atoms with Crippen LogP contribution in [-0.4, -0.2) is 5.84 Å². The minimum atomic E-state index is 0.546. The largest absolute Gasteiger partial charge is 0.386 e. The van der Waals surface area contributed by atoms with Gasteiger partial charge in [-0.1, -0.05) is 20.3 Å². The van der Waals surface area contributed by atoms with Crippen molar-refractivity contribution in [2.45, 2.75) is 26.7 Å². The van der Waals surface area contributed by atoms with Gasteiger partial charge in [0.15, 0.2) is 0 Å². The topological polar surface area (TPSA) is 64.4 Å². The maximum atomic E-state index is 5.37. The van der Waals surface area contributed by atoms with Crippen molar-refractivity contribution in [1.29, 1.82) is 0 Å². The van der Waals surface area contributed by atoms with Gasteiger partial charge in [-0.3, -0.25) is 0 Å². The molecule has 54 valence electrons. The van der Waals surface area contributed by atoms with E-state index >= 15 is 0 Å². The van der Waals surface area contributed by atoms with Crippen LogP contribution in [0.25, 0.3) is 0 Å². The Morgan fingerprint density at radius 2 is 2.22 bits per heavy atom. The molecular weight excluding hydrogens is 114 g/mol. The summed E-state index contributed by atoms with van der Waals surface area (Å²) in [5.41, 5.74) is 5.37. The summed E-state index contributed by atoms with van der Waals surface area (Å²) in [6.45, 7) is 4.24. The number of hydrogen-bond acceptors (Lipinski definition) is 2. The first-order valence-electron chi connectivity index (χ1n) is 3.22. The predicted molar refractivity (Wildman–Crippen MR) is 39.9 cm³/mol. The van der Waals surface area contributed by atoms with E-state index in [2.05, 4.69) is 18.9 Å². The molecule has 0 aromatic carbocycles. The molecule has 0 heterocycles. The van der Waals surface area contributed by atoms with Gasteiger partial charge in [0.2, 0.25) is 0 Å². The second-order valence-electron chi connectivity index (χ2n) is 2.34. The van der Waals surface area contributed by atoms with Crippen molar-refractivity contribution in [3.05, 3.63) is 0 Å². The van der Waals surface area contributed by atoms with E-state index in [1.807, 2.05) is 0 Å². The molecule has 0 spiro atoms. The molecule has 0 saturated carbocycles. The number of rotatable bonds is 3. The van der Waals surface area contributed by atoms with Gasteiger partial charge in [-0.2, -0.15) is 5.10 Å². The molecule has 0 aliphatic rings. The molecule has 0 aromatic heterocycles. The van der Waals surface area contributed by atoms with Gasteiger partial charge >= 0.3 is 0 Å². The van der Waals surface area contributed by atoms with E-state index in [-0.39, 0.29) is 0 Å². The van der Waals surface area contributed by atoms with Gasteiger partial charge in [0.25, 0.3) is 0 Å². The van der Waals surface area contributed by atoms with Crippen molar-refractivity contribution in [2.75, 3.05) is 0 Å². The SMILES string of the molecule is CCC(C)CC(N)=NN. The highest BCUT2D eigenvalue weighted by atomic mass is 15.1. The molecular formula is C6H15N3. The fourth-order valence-electron chi connectivity index (χ4n) is 0.554. The van der Waals surface area contributed by atoms with E-state index in [0.717, 1.165) is 12.8 Å². The van der Waals surface area contributed by atoms with Crippen molar-refractivity contribution in [3.8, 4) is 0 Å². The summed E-state index contributed by atoms with van der Waals surface area (Å²) in [7, 11) is 0. The first-order valence-corrected chi connectivity index (χ1v) is 3.22. The molecule has 0 bridgehead atoms. The summed E-state index contributed by atoms with van der Waals surface area (Å²) >= 11 is 0. The average molecular weight is 129 g/mol. The number of hydrazone groups is 1. The predicted octanol–water partition coefficient (Wildman–Crippen LogP) is 0.654. The molecule has 4 N–H and O–H groups in total. The van der Waals surface area contributed by atoms with Gasteiger partial charge in [0.1, 0.15) is 5.84 Å². The molecule has 9 heavy (non-hydrogen) atoms. The molecule has 0 radical (unpaired) electrons. The van der Waals surface area contributed by atoms with Gasteiger partial charge in [-0.05, 0) is 5.92 Å². The summed E-state index contributed by atoms with van der Waals surface area (Å²) in [4.78, 5) is 0. The third-order valence-electron chi connectivity index (χ3n) is 1.42. The first kappa shape index (κ1) is 8.27. The number of amidine groups is 1. The lowest BCUT2D eigenvalue weighted by Crippen LogP contribution is -2.16. The third-order valence-corrected chi connectivity index (χ3v) is 1.42. The van der Waals surface area contributed by atoms with Crippen LogP contribution < -0.4 is 11.6 Å². The molecule has 0 fully saturated rings. The smallest absolute Gasteiger partial charge is 0.119 e. The lowest BCUT2D eigenvalue weighted by atomic mass is 10.1. The van der Waals surface area contributed by atoms with Gasteiger partial charge in [0.05, 0.1) is 0 Å². The summed E-state index contributed by atoms with van der Waals surface area (Å²) in [6, 6.07) is 0. The van der Waals surface area contributed by atoms with Crippen LogP contribution in [-0.2, 0) is 0 Å². The molecule has 0 aromatic rings. The monoisotopic (exact) mass is 129 g/mol. The zero-order valence-electron chi connectivity index (χ0n) is 6.09. The Bertz CT molecular complexity index is 98.5. The summed E-state index contributed by atoms with van der Waals surface area (Å²) in [6.07, 6.45) is 1.93. The Balaban J connectivity index is 3.47. The summed E-state index contributed by atoms with van der Waals surface area (Å²) < 4.78 is 0. The molecule has 3 nitrogen and oxygen atoms in total. The van der Waals surface area contributed by atoms with Crippen LogP contribution in [0.4, 0.5) is 0 Å². The lowest BCUT2D eigenvalue weighted by Gasteiger charge is -2.04. The van der Waals surface area contributed by atoms with Crippen LogP contribution in [0.5, 0.6) is 0 Å². The van der Waals surface area contributed by atoms with Crippen molar-refractivity contribution in [3.63, 3.8) is 0 Å². The van der Waals surface area contributed by atoms with E-state index in [4.69, 9.17) is 11.6 Å². The van der Waals surface area contributed by atoms with Crippen LogP contribution in [0.15, 0.2) is 5.10 Å². The third kappa shape index (κ3) is 3.82. The van der Waals surface area contributed by atoms with Gasteiger partial charge in [0, 0.05) is 6.42 Å². The van der Waals surface area contributed by atoms with Crippen LogP contribution >= 0.6 is 0 Å². The number of hydrogen-bond donors (Lipinski definition) is 2. The summed E-state index contributed by atoms with van der Waals surface area (Å²) in [5, 5.41) is 3.37. The molecule has 0 aliphatic heterocycles. The maximum Gasteiger partial charge on any atom is 0.119 e. The van der Waals surface area contributed by atoms with Crippen LogP contribution in [0.2, 0.25) is 0 Å². The van der Waals surface area contributed by atoms with Crippen molar-refractivity contribution in [2.24, 2.45) is 22.6 Å². The highest BCUT2D eigenvalue weighted by molar-refractivity contribution is 5.80. The van der Waals surface area contributed by atoms with E-state index < -0.39 is 0 Å². The molecule has 0 rings (SSSR count). The van der Waals surface area contributed by atoms with Gasteiger partial charge in [-0.15, -0.1) is 0 Å². The Kier molecular flexibility index (Phi) is 3.84. The molecule has 1 atom stereocenters. The molecule has 3 heteroatoms. The maximum absolute atomic E-state index is 5.37. The zero-order chi connectivity index (χ0) is 7.28. The lowest BCUT2D eigenvalue weighted by molar-refractivity contribution is 0.584. The fraction of sp³-hybridized carbons (Fsp3) is 0.833. The van der Waals surface area contributed by atoms with Gasteiger partial charge < -0.3 is 11.6 Å². The standard InChI is InChI=1S/C6H15N3/c1-3-5(2)4-6(7)9-8/h5H,3-4,8H2,1-2H3,(H2,7,9). The Hall–Kier alpha value is -0.730. The van der Waals surface area contributed by atoms with Crippen molar-refractivity contribution < 1.29 is 0 Å². The first-order chi connectivity index (χ1) is 4.20. The van der Waals surface area contributed by atoms with Crippen LogP contribution in [0.3, 0.4) is 0 Å². The van der Waals surface area contributed by atoms with E-state index in [9.17, 15) is 0 Å². The fourth-order valence-corrected chi connectivity index (χ4v) is 0.554. The minimum Gasteiger partial charge on any atom is -0.386 e. The zero-order valence-corrected chi connectivity index (χ0v) is 6.09. The number of nitrogens with two attached hydrogens (primary N) is 2. The second kappa shape index (κ2) is 4.18. The van der Waals surface area contributed by atoms with Crippen molar-refractivity contribution >= 4 is 5.84 Å². The molecule has 0 aliphatic carbocycles. The van der Waals surface area contributed by atoms with E-state index in [1.54, 1.807) is 0 Å². The van der Waals surface area contributed by atoms with Crippen molar-refractivity contribution in [1.82, 2.24) is 0 Å². The second-order valence-corrected chi connectivity index (χ2v) is 2.34. The van der Waals surface area contributed by atoms with E-state index in [0.29, 0.717) is 11.8 Å². The normalized spacial score (nSPS) is 15.6. The average Bonchev–Trinajstić information content (AvgIpc) is 1.87. The van der Waals surface area contributed by atoms with Crippen LogP contribution in [0, 0.1) is 5.92 Å². The minimum absolute atomic E-state index is 0.546. The quantitative estimate of drug-likeness (QED) is 0.254. The Morgan fingerprint density at radius 1 is 1.67 bits per heavy atom. The molecule has 1 unspecified atom stereocenters. The van der Waals surface area contributed by atoms with E-state index in [1.165, 1.54) is 0 Å². The Labute approximate surface area is 56.1 Å². The highest BCUT2D eigenvalue weighted by Crippen LogP contribution is 2.04. The van der Waals surface area contributed by atoms with Gasteiger partial charge in [-0.25, -0.2) is 0 Å². The highest BCUT2D eigenvalue weighted by Gasteiger charge is 1.99.